The number of hydrogen-bond acceptors (Lipinski definition) is 2. The SMILES string of the molecule is N#C/C=C/CCCCCCCCC(=O)O. The van der Waals surface area contributed by atoms with Crippen molar-refractivity contribution in [2.75, 3.05) is 0 Å². The quantitative estimate of drug-likeness (QED) is 0.468. The molecule has 0 radical (unpaired) electrons. The monoisotopic (exact) mass is 209 g/mol. The first-order valence-corrected chi connectivity index (χ1v) is 5.54. The van der Waals surface area contributed by atoms with Crippen molar-refractivity contribution in [1.29, 1.82) is 5.26 Å². The molecule has 0 aromatic heterocycles. The highest BCUT2D eigenvalue weighted by Gasteiger charge is 1.95. The molecule has 0 fully saturated rings. The van der Waals surface area contributed by atoms with Crippen molar-refractivity contribution in [3.63, 3.8) is 0 Å². The van der Waals surface area contributed by atoms with Crippen molar-refractivity contribution in [3.8, 4) is 6.07 Å². The summed E-state index contributed by atoms with van der Waals surface area (Å²) in [5, 5.41) is 16.6. The van der Waals surface area contributed by atoms with Crippen LogP contribution in [-0.4, -0.2) is 11.1 Å². The van der Waals surface area contributed by atoms with Crippen LogP contribution in [0.3, 0.4) is 0 Å². The molecule has 0 amide bonds. The minimum absolute atomic E-state index is 0.297. The summed E-state index contributed by atoms with van der Waals surface area (Å²) in [6.07, 6.45) is 11.1. The maximum atomic E-state index is 10.2. The number of rotatable bonds is 9. The number of carbonyl (C=O) groups is 1. The van der Waals surface area contributed by atoms with Gasteiger partial charge in [-0.2, -0.15) is 5.26 Å². The van der Waals surface area contributed by atoms with E-state index in [0.29, 0.717) is 6.42 Å². The zero-order valence-corrected chi connectivity index (χ0v) is 9.11. The fourth-order valence-corrected chi connectivity index (χ4v) is 1.38. The molecule has 0 aliphatic heterocycles. The van der Waals surface area contributed by atoms with Crippen molar-refractivity contribution in [3.05, 3.63) is 12.2 Å². The van der Waals surface area contributed by atoms with Crippen LogP contribution < -0.4 is 0 Å². The van der Waals surface area contributed by atoms with E-state index in [0.717, 1.165) is 32.1 Å². The normalized spacial score (nSPS) is 10.3. The third-order valence-corrected chi connectivity index (χ3v) is 2.20. The van der Waals surface area contributed by atoms with Crippen LogP contribution in [0.5, 0.6) is 0 Å². The van der Waals surface area contributed by atoms with Crippen molar-refractivity contribution in [2.45, 2.75) is 51.4 Å². The molecule has 0 aromatic rings. The number of nitrogens with zero attached hydrogens (tertiary/aromatic N) is 1. The first-order valence-electron chi connectivity index (χ1n) is 5.54. The molecule has 0 heterocycles. The minimum Gasteiger partial charge on any atom is -0.481 e. The number of unbranched alkanes of at least 4 members (excludes halogenated alkanes) is 6. The first-order chi connectivity index (χ1) is 7.27. The summed E-state index contributed by atoms with van der Waals surface area (Å²) in [5.41, 5.74) is 0. The topological polar surface area (TPSA) is 61.1 Å². The summed E-state index contributed by atoms with van der Waals surface area (Å²) in [6.45, 7) is 0. The Morgan fingerprint density at radius 2 is 1.73 bits per heavy atom. The average Bonchev–Trinajstić information content (AvgIpc) is 2.20. The molecule has 0 aromatic carbocycles. The number of aliphatic carboxylic acids is 1. The summed E-state index contributed by atoms with van der Waals surface area (Å²) in [4.78, 5) is 10.2. The van der Waals surface area contributed by atoms with E-state index < -0.39 is 5.97 Å². The number of carboxylic acid groups (broad SMARTS) is 1. The summed E-state index contributed by atoms with van der Waals surface area (Å²) < 4.78 is 0. The molecule has 0 rings (SSSR count). The molecule has 0 saturated carbocycles. The molecular formula is C12H19NO2. The van der Waals surface area contributed by atoms with Crippen LogP contribution >= 0.6 is 0 Å². The molecule has 0 aliphatic rings. The first kappa shape index (κ1) is 13.7. The van der Waals surface area contributed by atoms with Crippen molar-refractivity contribution in [1.82, 2.24) is 0 Å². The van der Waals surface area contributed by atoms with Gasteiger partial charge in [0.15, 0.2) is 0 Å². The van der Waals surface area contributed by atoms with Crippen LogP contribution in [0, 0.1) is 11.3 Å². The van der Waals surface area contributed by atoms with Crippen LogP contribution in [0.1, 0.15) is 51.4 Å². The van der Waals surface area contributed by atoms with Gasteiger partial charge in [0.1, 0.15) is 0 Å². The fourth-order valence-electron chi connectivity index (χ4n) is 1.38. The Kier molecular flexibility index (Phi) is 9.84. The summed E-state index contributed by atoms with van der Waals surface area (Å²) >= 11 is 0. The van der Waals surface area contributed by atoms with Gasteiger partial charge >= 0.3 is 5.97 Å². The smallest absolute Gasteiger partial charge is 0.303 e. The second-order valence-corrected chi connectivity index (χ2v) is 3.59. The van der Waals surface area contributed by atoms with Crippen LogP contribution in [-0.2, 0) is 4.79 Å². The highest BCUT2D eigenvalue weighted by atomic mass is 16.4. The Bertz CT molecular complexity index is 228. The van der Waals surface area contributed by atoms with Crippen molar-refractivity contribution < 1.29 is 9.90 Å². The maximum Gasteiger partial charge on any atom is 0.303 e. The van der Waals surface area contributed by atoms with E-state index in [1.807, 2.05) is 12.1 Å². The van der Waals surface area contributed by atoms with Crippen LogP contribution in [0.25, 0.3) is 0 Å². The lowest BCUT2D eigenvalue weighted by Gasteiger charge is -1.98. The Morgan fingerprint density at radius 1 is 1.13 bits per heavy atom. The number of carboxylic acids is 1. The van der Waals surface area contributed by atoms with Crippen LogP contribution in [0.4, 0.5) is 0 Å². The predicted octanol–water partition coefficient (Wildman–Crippen LogP) is 3.27. The van der Waals surface area contributed by atoms with Gasteiger partial charge in [0, 0.05) is 12.5 Å². The van der Waals surface area contributed by atoms with Gasteiger partial charge in [-0.15, -0.1) is 0 Å². The average molecular weight is 209 g/mol. The molecule has 15 heavy (non-hydrogen) atoms. The lowest BCUT2D eigenvalue weighted by Crippen LogP contribution is -1.93. The van der Waals surface area contributed by atoms with Gasteiger partial charge in [0.25, 0.3) is 0 Å². The molecule has 0 bridgehead atoms. The van der Waals surface area contributed by atoms with Gasteiger partial charge in [0.2, 0.25) is 0 Å². The van der Waals surface area contributed by atoms with E-state index in [1.165, 1.54) is 18.9 Å². The van der Waals surface area contributed by atoms with Gasteiger partial charge in [0.05, 0.1) is 6.07 Å². The molecule has 0 atom stereocenters. The van der Waals surface area contributed by atoms with Crippen LogP contribution in [0.15, 0.2) is 12.2 Å². The van der Waals surface area contributed by atoms with Gasteiger partial charge in [-0.1, -0.05) is 31.8 Å². The minimum atomic E-state index is -0.698. The third kappa shape index (κ3) is 12.7. The molecular weight excluding hydrogens is 190 g/mol. The fraction of sp³-hybridized carbons (Fsp3) is 0.667. The van der Waals surface area contributed by atoms with Gasteiger partial charge in [-0.25, -0.2) is 0 Å². The zero-order valence-electron chi connectivity index (χ0n) is 9.11. The molecule has 3 heteroatoms. The third-order valence-electron chi connectivity index (χ3n) is 2.20. The standard InChI is InChI=1S/C12H19NO2/c13-11-9-7-5-3-1-2-4-6-8-10-12(14)15/h7,9H,1-6,8,10H2,(H,14,15)/b9-7+. The molecule has 0 aliphatic carbocycles. The lowest BCUT2D eigenvalue weighted by atomic mass is 10.1. The Labute approximate surface area is 91.4 Å². The second-order valence-electron chi connectivity index (χ2n) is 3.59. The van der Waals surface area contributed by atoms with Gasteiger partial charge < -0.3 is 5.11 Å². The second kappa shape index (κ2) is 10.8. The Hall–Kier alpha value is -1.30. The zero-order chi connectivity index (χ0) is 11.4. The van der Waals surface area contributed by atoms with E-state index in [-0.39, 0.29) is 0 Å². The summed E-state index contributed by atoms with van der Waals surface area (Å²) in [7, 11) is 0. The number of nitriles is 1. The summed E-state index contributed by atoms with van der Waals surface area (Å²) in [5.74, 6) is -0.698. The molecule has 84 valence electrons. The maximum absolute atomic E-state index is 10.2. The Balaban J connectivity index is 3.02. The van der Waals surface area contributed by atoms with E-state index in [1.54, 1.807) is 0 Å². The molecule has 3 nitrogen and oxygen atoms in total. The lowest BCUT2D eigenvalue weighted by molar-refractivity contribution is -0.137. The Morgan fingerprint density at radius 3 is 2.33 bits per heavy atom. The van der Waals surface area contributed by atoms with E-state index in [4.69, 9.17) is 10.4 Å². The predicted molar refractivity (Wildman–Crippen MR) is 59.3 cm³/mol. The number of hydrogen-bond donors (Lipinski definition) is 1. The van der Waals surface area contributed by atoms with Gasteiger partial charge in [-0.05, 0) is 19.3 Å². The highest BCUT2D eigenvalue weighted by Crippen LogP contribution is 2.08. The van der Waals surface area contributed by atoms with E-state index in [2.05, 4.69) is 0 Å². The molecule has 0 unspecified atom stereocenters. The summed E-state index contributed by atoms with van der Waals surface area (Å²) in [6, 6.07) is 1.96. The molecule has 0 spiro atoms. The molecule has 1 N–H and O–H groups in total. The number of allylic oxidation sites excluding steroid dienone is 2. The van der Waals surface area contributed by atoms with E-state index in [9.17, 15) is 4.79 Å². The highest BCUT2D eigenvalue weighted by molar-refractivity contribution is 5.66. The van der Waals surface area contributed by atoms with Crippen molar-refractivity contribution in [2.24, 2.45) is 0 Å². The van der Waals surface area contributed by atoms with E-state index >= 15 is 0 Å². The van der Waals surface area contributed by atoms with Crippen molar-refractivity contribution >= 4 is 5.97 Å². The largest absolute Gasteiger partial charge is 0.481 e. The van der Waals surface area contributed by atoms with Crippen LogP contribution in [0.2, 0.25) is 0 Å². The van der Waals surface area contributed by atoms with Gasteiger partial charge in [-0.3, -0.25) is 4.79 Å². The molecule has 0 saturated heterocycles.